The van der Waals surface area contributed by atoms with Gasteiger partial charge in [0.1, 0.15) is 6.10 Å². The average molecular weight is 217 g/mol. The van der Waals surface area contributed by atoms with E-state index in [1.807, 2.05) is 13.8 Å². The SMILES string of the molecule is CCCC/C(Cl)=C1/C(=O)O[C@H]1C(C)C. The quantitative estimate of drug-likeness (QED) is 0.533. The first kappa shape index (κ1) is 11.6. The predicted molar refractivity (Wildman–Crippen MR) is 57.1 cm³/mol. The summed E-state index contributed by atoms with van der Waals surface area (Å²) in [6.07, 6.45) is 2.84. The summed E-state index contributed by atoms with van der Waals surface area (Å²) < 4.78 is 5.03. The molecule has 0 aromatic rings. The number of esters is 1. The molecule has 1 saturated heterocycles. The van der Waals surface area contributed by atoms with Crippen molar-refractivity contribution >= 4 is 17.6 Å². The van der Waals surface area contributed by atoms with E-state index in [-0.39, 0.29) is 12.1 Å². The van der Waals surface area contributed by atoms with Gasteiger partial charge in [-0.2, -0.15) is 0 Å². The van der Waals surface area contributed by atoms with E-state index >= 15 is 0 Å². The fourth-order valence-corrected chi connectivity index (χ4v) is 1.82. The zero-order valence-corrected chi connectivity index (χ0v) is 9.73. The maximum absolute atomic E-state index is 11.2. The molecule has 80 valence electrons. The fraction of sp³-hybridized carbons (Fsp3) is 0.727. The highest BCUT2D eigenvalue weighted by Gasteiger charge is 2.40. The number of carbonyl (C=O) groups is 1. The second-order valence-corrected chi connectivity index (χ2v) is 4.45. The molecule has 0 aromatic heterocycles. The van der Waals surface area contributed by atoms with E-state index in [9.17, 15) is 4.79 Å². The minimum absolute atomic E-state index is 0.0770. The van der Waals surface area contributed by atoms with E-state index in [1.54, 1.807) is 0 Å². The number of hydrogen-bond acceptors (Lipinski definition) is 2. The molecule has 0 saturated carbocycles. The van der Waals surface area contributed by atoms with Crippen LogP contribution in [-0.2, 0) is 9.53 Å². The molecular weight excluding hydrogens is 200 g/mol. The molecule has 1 fully saturated rings. The van der Waals surface area contributed by atoms with Crippen molar-refractivity contribution in [3.05, 3.63) is 10.6 Å². The molecule has 14 heavy (non-hydrogen) atoms. The molecule has 0 aliphatic carbocycles. The van der Waals surface area contributed by atoms with Crippen LogP contribution in [0, 0.1) is 5.92 Å². The smallest absolute Gasteiger partial charge is 0.339 e. The fourth-order valence-electron chi connectivity index (χ4n) is 1.50. The van der Waals surface area contributed by atoms with Crippen LogP contribution in [0.5, 0.6) is 0 Å². The first-order valence-electron chi connectivity index (χ1n) is 5.17. The van der Waals surface area contributed by atoms with Crippen LogP contribution in [0.15, 0.2) is 10.6 Å². The van der Waals surface area contributed by atoms with E-state index in [4.69, 9.17) is 16.3 Å². The number of cyclic esters (lactones) is 1. The van der Waals surface area contributed by atoms with Crippen LogP contribution < -0.4 is 0 Å². The van der Waals surface area contributed by atoms with Crippen LogP contribution in [0.2, 0.25) is 0 Å². The molecule has 0 unspecified atom stereocenters. The zero-order valence-electron chi connectivity index (χ0n) is 8.97. The maximum atomic E-state index is 11.2. The summed E-state index contributed by atoms with van der Waals surface area (Å²) in [4.78, 5) is 11.2. The van der Waals surface area contributed by atoms with Gasteiger partial charge >= 0.3 is 5.97 Å². The summed E-state index contributed by atoms with van der Waals surface area (Å²) in [7, 11) is 0. The Morgan fingerprint density at radius 3 is 2.64 bits per heavy atom. The monoisotopic (exact) mass is 216 g/mol. The third-order valence-corrected chi connectivity index (χ3v) is 2.78. The molecule has 1 heterocycles. The van der Waals surface area contributed by atoms with Crippen LogP contribution in [0.4, 0.5) is 0 Å². The Morgan fingerprint density at radius 1 is 1.57 bits per heavy atom. The van der Waals surface area contributed by atoms with Gasteiger partial charge < -0.3 is 4.74 Å². The molecule has 0 bridgehead atoms. The summed E-state index contributed by atoms with van der Waals surface area (Å²) in [5.74, 6) is 0.0860. The number of carbonyl (C=O) groups excluding carboxylic acids is 1. The lowest BCUT2D eigenvalue weighted by molar-refractivity contribution is -0.159. The van der Waals surface area contributed by atoms with Gasteiger partial charge in [0, 0.05) is 5.03 Å². The molecule has 3 heteroatoms. The van der Waals surface area contributed by atoms with Crippen molar-refractivity contribution in [1.29, 1.82) is 0 Å². The number of hydrogen-bond donors (Lipinski definition) is 0. The molecule has 0 amide bonds. The summed E-state index contributed by atoms with van der Waals surface area (Å²) in [6.45, 7) is 6.16. The first-order chi connectivity index (χ1) is 6.57. The van der Waals surface area contributed by atoms with E-state index < -0.39 is 0 Å². The third-order valence-electron chi connectivity index (χ3n) is 2.39. The Kier molecular flexibility index (Phi) is 3.99. The van der Waals surface area contributed by atoms with Crippen LogP contribution >= 0.6 is 11.6 Å². The summed E-state index contributed by atoms with van der Waals surface area (Å²) in [5.41, 5.74) is 0.704. The van der Waals surface area contributed by atoms with Crippen LogP contribution in [0.25, 0.3) is 0 Å². The lowest BCUT2D eigenvalue weighted by atomic mass is 9.93. The van der Waals surface area contributed by atoms with Gasteiger partial charge in [-0.15, -0.1) is 0 Å². The normalized spacial score (nSPS) is 24.6. The Bertz CT molecular complexity index is 256. The van der Waals surface area contributed by atoms with Crippen molar-refractivity contribution in [2.75, 3.05) is 0 Å². The second kappa shape index (κ2) is 4.83. The summed E-state index contributed by atoms with van der Waals surface area (Å²) in [5, 5.41) is 0.696. The Labute approximate surface area is 90.3 Å². The third kappa shape index (κ3) is 2.30. The molecule has 0 N–H and O–H groups in total. The van der Waals surface area contributed by atoms with E-state index in [1.165, 1.54) is 0 Å². The topological polar surface area (TPSA) is 26.3 Å². The van der Waals surface area contributed by atoms with E-state index in [0.29, 0.717) is 16.5 Å². The van der Waals surface area contributed by atoms with Gasteiger partial charge in [-0.1, -0.05) is 38.8 Å². The summed E-state index contributed by atoms with van der Waals surface area (Å²) in [6, 6.07) is 0. The number of unbranched alkanes of at least 4 members (excludes halogenated alkanes) is 1. The standard InChI is InChI=1S/C11H17ClO2/c1-4-5-6-8(12)9-10(7(2)3)14-11(9)13/h7,10H,4-6H2,1-3H3/b9-8-/t10-/m0/s1. The molecule has 0 aromatic carbocycles. The Hall–Kier alpha value is -0.500. The van der Waals surface area contributed by atoms with Crippen molar-refractivity contribution < 1.29 is 9.53 Å². The van der Waals surface area contributed by atoms with Crippen molar-refractivity contribution in [2.45, 2.75) is 46.1 Å². The van der Waals surface area contributed by atoms with Crippen LogP contribution in [0.1, 0.15) is 40.0 Å². The zero-order chi connectivity index (χ0) is 10.7. The minimum atomic E-state index is -0.232. The molecule has 0 radical (unpaired) electrons. The number of ether oxygens (including phenoxy) is 1. The first-order valence-corrected chi connectivity index (χ1v) is 5.55. The predicted octanol–water partition coefficient (Wildman–Crippen LogP) is 3.25. The van der Waals surface area contributed by atoms with Crippen LogP contribution in [-0.4, -0.2) is 12.1 Å². The van der Waals surface area contributed by atoms with Crippen molar-refractivity contribution in [3.8, 4) is 0 Å². The molecule has 0 spiro atoms. The van der Waals surface area contributed by atoms with Gasteiger partial charge in [0.25, 0.3) is 0 Å². The van der Waals surface area contributed by atoms with Gasteiger partial charge in [-0.05, 0) is 18.8 Å². The lowest BCUT2D eigenvalue weighted by Gasteiger charge is -2.33. The van der Waals surface area contributed by atoms with Crippen molar-refractivity contribution in [2.24, 2.45) is 5.92 Å². The summed E-state index contributed by atoms with van der Waals surface area (Å²) >= 11 is 6.07. The van der Waals surface area contributed by atoms with E-state index in [0.717, 1.165) is 19.3 Å². The lowest BCUT2D eigenvalue weighted by Crippen LogP contribution is -2.41. The van der Waals surface area contributed by atoms with Crippen molar-refractivity contribution in [1.82, 2.24) is 0 Å². The highest BCUT2D eigenvalue weighted by molar-refractivity contribution is 6.32. The highest BCUT2D eigenvalue weighted by atomic mass is 35.5. The number of allylic oxidation sites excluding steroid dienone is 1. The average Bonchev–Trinajstić information content (AvgIpc) is 2.10. The molecule has 2 nitrogen and oxygen atoms in total. The van der Waals surface area contributed by atoms with Gasteiger partial charge in [0.2, 0.25) is 0 Å². The molecule has 1 rings (SSSR count). The molecule has 1 aliphatic heterocycles. The Morgan fingerprint density at radius 2 is 2.21 bits per heavy atom. The second-order valence-electron chi connectivity index (χ2n) is 3.99. The highest BCUT2D eigenvalue weighted by Crippen LogP contribution is 2.33. The molecular formula is C11H17ClO2. The van der Waals surface area contributed by atoms with Gasteiger partial charge in [-0.3, -0.25) is 0 Å². The van der Waals surface area contributed by atoms with Crippen molar-refractivity contribution in [3.63, 3.8) is 0 Å². The van der Waals surface area contributed by atoms with Gasteiger partial charge in [-0.25, -0.2) is 4.79 Å². The van der Waals surface area contributed by atoms with Crippen LogP contribution in [0.3, 0.4) is 0 Å². The van der Waals surface area contributed by atoms with Gasteiger partial charge in [0.05, 0.1) is 5.57 Å². The number of rotatable bonds is 4. The van der Waals surface area contributed by atoms with E-state index in [2.05, 4.69) is 6.92 Å². The van der Waals surface area contributed by atoms with Gasteiger partial charge in [0.15, 0.2) is 0 Å². The molecule has 1 aliphatic rings. The largest absolute Gasteiger partial charge is 0.453 e. The Balaban J connectivity index is 2.67. The maximum Gasteiger partial charge on any atom is 0.339 e. The number of halogens is 1. The minimum Gasteiger partial charge on any atom is -0.453 e. The molecule has 1 atom stereocenters.